The van der Waals surface area contributed by atoms with Crippen LogP contribution in [0.2, 0.25) is 0 Å². The topological polar surface area (TPSA) is 25.2 Å². The van der Waals surface area contributed by atoms with Crippen LogP contribution < -0.4 is 5.32 Å². The Balaban J connectivity index is 1.36. The molecule has 2 nitrogen and oxygen atoms in total. The highest BCUT2D eigenvalue weighted by Gasteiger charge is 2.36. The maximum absolute atomic E-state index is 5.94. The standard InChI is InChI=1S/C18H29NO/c1-3-14-4-6-15(7-5-14)11-19-12-16-8-9-18(20-16)17-10-13(17)2/h8-9,13-15,17,19H,3-7,10-12H2,1-2H3. The summed E-state index contributed by atoms with van der Waals surface area (Å²) in [4.78, 5) is 0. The van der Waals surface area contributed by atoms with E-state index >= 15 is 0 Å². The minimum Gasteiger partial charge on any atom is -0.464 e. The van der Waals surface area contributed by atoms with E-state index < -0.39 is 0 Å². The molecule has 112 valence electrons. The Bertz CT molecular complexity index is 417. The second-order valence-corrected chi connectivity index (χ2v) is 7.05. The summed E-state index contributed by atoms with van der Waals surface area (Å²) in [7, 11) is 0. The van der Waals surface area contributed by atoms with Gasteiger partial charge in [0.05, 0.1) is 6.54 Å². The number of furan rings is 1. The van der Waals surface area contributed by atoms with Crippen LogP contribution in [-0.4, -0.2) is 6.54 Å². The molecule has 2 aliphatic carbocycles. The molecule has 2 heteroatoms. The van der Waals surface area contributed by atoms with Gasteiger partial charge in [-0.2, -0.15) is 0 Å². The van der Waals surface area contributed by atoms with E-state index in [0.717, 1.165) is 36.6 Å². The molecule has 1 aromatic heterocycles. The fourth-order valence-corrected chi connectivity index (χ4v) is 3.65. The monoisotopic (exact) mass is 275 g/mol. The van der Waals surface area contributed by atoms with Gasteiger partial charge in [-0.25, -0.2) is 0 Å². The van der Waals surface area contributed by atoms with Gasteiger partial charge in [-0.05, 0) is 55.7 Å². The van der Waals surface area contributed by atoms with Gasteiger partial charge in [0, 0.05) is 5.92 Å². The summed E-state index contributed by atoms with van der Waals surface area (Å²) >= 11 is 0. The Morgan fingerprint density at radius 1 is 1.15 bits per heavy atom. The molecule has 0 saturated heterocycles. The van der Waals surface area contributed by atoms with Gasteiger partial charge in [0.15, 0.2) is 0 Å². The van der Waals surface area contributed by atoms with Gasteiger partial charge < -0.3 is 9.73 Å². The molecule has 1 N–H and O–H groups in total. The lowest BCUT2D eigenvalue weighted by molar-refractivity contribution is 0.260. The fourth-order valence-electron chi connectivity index (χ4n) is 3.65. The normalized spacial score (nSPS) is 33.3. The summed E-state index contributed by atoms with van der Waals surface area (Å²) in [6, 6.07) is 4.33. The maximum atomic E-state index is 5.94. The van der Waals surface area contributed by atoms with Crippen LogP contribution in [0.5, 0.6) is 0 Å². The van der Waals surface area contributed by atoms with Gasteiger partial charge in [-0.1, -0.05) is 33.1 Å². The van der Waals surface area contributed by atoms with Crippen molar-refractivity contribution in [2.24, 2.45) is 17.8 Å². The average molecular weight is 275 g/mol. The molecule has 2 aliphatic rings. The molecule has 0 spiro atoms. The first kappa shape index (κ1) is 14.2. The summed E-state index contributed by atoms with van der Waals surface area (Å²) in [6.45, 7) is 6.69. The molecule has 20 heavy (non-hydrogen) atoms. The molecular weight excluding hydrogens is 246 g/mol. The molecule has 0 aromatic carbocycles. The van der Waals surface area contributed by atoms with Crippen molar-refractivity contribution in [3.63, 3.8) is 0 Å². The highest BCUT2D eigenvalue weighted by atomic mass is 16.3. The third-order valence-corrected chi connectivity index (χ3v) is 5.43. The third-order valence-electron chi connectivity index (χ3n) is 5.43. The first-order valence-electron chi connectivity index (χ1n) is 8.55. The third kappa shape index (κ3) is 3.46. The molecule has 0 bridgehead atoms. The maximum Gasteiger partial charge on any atom is 0.117 e. The van der Waals surface area contributed by atoms with E-state index in [2.05, 4.69) is 31.3 Å². The molecule has 1 heterocycles. The van der Waals surface area contributed by atoms with Crippen LogP contribution in [-0.2, 0) is 6.54 Å². The minimum absolute atomic E-state index is 0.702. The lowest BCUT2D eigenvalue weighted by Gasteiger charge is -2.27. The molecule has 2 unspecified atom stereocenters. The van der Waals surface area contributed by atoms with E-state index in [1.165, 1.54) is 44.3 Å². The average Bonchev–Trinajstić information content (AvgIpc) is 3.01. The molecule has 2 atom stereocenters. The molecule has 1 aromatic rings. The molecule has 2 saturated carbocycles. The molecule has 3 rings (SSSR count). The Morgan fingerprint density at radius 3 is 2.50 bits per heavy atom. The first-order valence-corrected chi connectivity index (χ1v) is 8.55. The van der Waals surface area contributed by atoms with Gasteiger partial charge in [0.25, 0.3) is 0 Å². The summed E-state index contributed by atoms with van der Waals surface area (Å²) in [5.74, 6) is 5.73. The second kappa shape index (κ2) is 6.34. The quantitative estimate of drug-likeness (QED) is 0.813. The lowest BCUT2D eigenvalue weighted by Crippen LogP contribution is -2.26. The van der Waals surface area contributed by atoms with Crippen molar-refractivity contribution in [2.75, 3.05) is 6.54 Å². The molecule has 0 aliphatic heterocycles. The highest BCUT2D eigenvalue weighted by molar-refractivity contribution is 5.17. The number of nitrogens with one attached hydrogen (secondary N) is 1. The van der Waals surface area contributed by atoms with Gasteiger partial charge in [-0.3, -0.25) is 0 Å². The first-order chi connectivity index (χ1) is 9.76. The summed E-state index contributed by atoms with van der Waals surface area (Å²) in [6.07, 6.45) is 8.37. The van der Waals surface area contributed by atoms with Gasteiger partial charge in [0.2, 0.25) is 0 Å². The SMILES string of the molecule is CCC1CCC(CNCc2ccc(C3CC3C)o2)CC1. The van der Waals surface area contributed by atoms with Gasteiger partial charge >= 0.3 is 0 Å². The van der Waals surface area contributed by atoms with Crippen LogP contribution in [0.15, 0.2) is 16.5 Å². The van der Waals surface area contributed by atoms with Crippen LogP contribution in [0.1, 0.15) is 69.8 Å². The van der Waals surface area contributed by atoms with Crippen molar-refractivity contribution in [1.82, 2.24) is 5.32 Å². The lowest BCUT2D eigenvalue weighted by atomic mass is 9.81. The summed E-state index contributed by atoms with van der Waals surface area (Å²) in [5, 5.41) is 3.59. The predicted molar refractivity (Wildman–Crippen MR) is 82.7 cm³/mol. The number of rotatable bonds is 6. The zero-order valence-electron chi connectivity index (χ0n) is 13.0. The second-order valence-electron chi connectivity index (χ2n) is 7.05. The Kier molecular flexibility index (Phi) is 4.50. The van der Waals surface area contributed by atoms with E-state index in [0.29, 0.717) is 5.92 Å². The van der Waals surface area contributed by atoms with E-state index in [-0.39, 0.29) is 0 Å². The van der Waals surface area contributed by atoms with Crippen LogP contribution in [0, 0.1) is 17.8 Å². The molecule has 0 amide bonds. The van der Waals surface area contributed by atoms with Crippen molar-refractivity contribution >= 4 is 0 Å². The van der Waals surface area contributed by atoms with E-state index in [1.54, 1.807) is 0 Å². The fraction of sp³-hybridized carbons (Fsp3) is 0.778. The zero-order chi connectivity index (χ0) is 13.9. The zero-order valence-corrected chi connectivity index (χ0v) is 13.0. The van der Waals surface area contributed by atoms with E-state index in [1.807, 2.05) is 0 Å². The summed E-state index contributed by atoms with van der Waals surface area (Å²) < 4.78 is 5.94. The Morgan fingerprint density at radius 2 is 1.85 bits per heavy atom. The van der Waals surface area contributed by atoms with Crippen molar-refractivity contribution in [1.29, 1.82) is 0 Å². The van der Waals surface area contributed by atoms with Crippen molar-refractivity contribution in [3.8, 4) is 0 Å². The number of hydrogen-bond acceptors (Lipinski definition) is 2. The van der Waals surface area contributed by atoms with Crippen molar-refractivity contribution in [3.05, 3.63) is 23.7 Å². The molecule has 2 fully saturated rings. The number of hydrogen-bond donors (Lipinski definition) is 1. The van der Waals surface area contributed by atoms with Crippen molar-refractivity contribution < 1.29 is 4.42 Å². The van der Waals surface area contributed by atoms with Crippen LogP contribution >= 0.6 is 0 Å². The molecule has 0 radical (unpaired) electrons. The Hall–Kier alpha value is -0.760. The van der Waals surface area contributed by atoms with Gasteiger partial charge in [-0.15, -0.1) is 0 Å². The summed E-state index contributed by atoms with van der Waals surface area (Å²) in [5.41, 5.74) is 0. The van der Waals surface area contributed by atoms with Gasteiger partial charge in [0.1, 0.15) is 11.5 Å². The van der Waals surface area contributed by atoms with E-state index in [4.69, 9.17) is 4.42 Å². The van der Waals surface area contributed by atoms with Crippen LogP contribution in [0.3, 0.4) is 0 Å². The minimum atomic E-state index is 0.702. The van der Waals surface area contributed by atoms with Crippen LogP contribution in [0.25, 0.3) is 0 Å². The highest BCUT2D eigenvalue weighted by Crippen LogP contribution is 2.47. The van der Waals surface area contributed by atoms with Crippen LogP contribution in [0.4, 0.5) is 0 Å². The smallest absolute Gasteiger partial charge is 0.117 e. The molecular formula is C18H29NO. The van der Waals surface area contributed by atoms with E-state index in [9.17, 15) is 0 Å². The predicted octanol–water partition coefficient (Wildman–Crippen LogP) is 4.71. The Labute approximate surface area is 123 Å². The largest absolute Gasteiger partial charge is 0.464 e. The van der Waals surface area contributed by atoms with Crippen molar-refractivity contribution in [2.45, 2.75) is 64.8 Å².